The number of hydrogen-bond donors (Lipinski definition) is 0. The standard InChI is InChI=1S/C8H8Br2N2S/c9-6-5-7(13-8(6)10)12-4-2-1-3-11-12/h3,5H,1-2,4H2. The molecule has 1 aliphatic heterocycles. The van der Waals surface area contributed by atoms with E-state index >= 15 is 0 Å². The predicted octanol–water partition coefficient (Wildman–Crippen LogP) is 3.86. The van der Waals surface area contributed by atoms with E-state index in [1.165, 1.54) is 11.4 Å². The van der Waals surface area contributed by atoms with Gasteiger partial charge < -0.3 is 0 Å². The normalized spacial score (nSPS) is 16.6. The van der Waals surface area contributed by atoms with Crippen LogP contribution in [0.1, 0.15) is 12.8 Å². The summed E-state index contributed by atoms with van der Waals surface area (Å²) < 4.78 is 2.23. The molecular formula is C8H8Br2N2S. The summed E-state index contributed by atoms with van der Waals surface area (Å²) in [6, 6.07) is 2.09. The Bertz CT molecular complexity index is 315. The van der Waals surface area contributed by atoms with Crippen molar-refractivity contribution in [2.75, 3.05) is 11.6 Å². The Balaban J connectivity index is 2.24. The molecule has 0 bridgehead atoms. The lowest BCUT2D eigenvalue weighted by atomic mass is 10.3. The van der Waals surface area contributed by atoms with Crippen molar-refractivity contribution in [1.29, 1.82) is 0 Å². The minimum absolute atomic E-state index is 1.02. The first kappa shape index (κ1) is 9.68. The lowest BCUT2D eigenvalue weighted by Crippen LogP contribution is -2.20. The Morgan fingerprint density at radius 1 is 1.46 bits per heavy atom. The molecule has 0 aliphatic carbocycles. The molecule has 0 N–H and O–H groups in total. The first-order valence-electron chi connectivity index (χ1n) is 4.02. The summed E-state index contributed by atoms with van der Waals surface area (Å²) in [5.74, 6) is 0. The van der Waals surface area contributed by atoms with E-state index in [1.54, 1.807) is 11.3 Å². The Morgan fingerprint density at radius 3 is 2.85 bits per heavy atom. The minimum atomic E-state index is 1.02. The van der Waals surface area contributed by atoms with E-state index < -0.39 is 0 Å². The fraction of sp³-hybridized carbons (Fsp3) is 0.375. The van der Waals surface area contributed by atoms with E-state index in [9.17, 15) is 0 Å². The highest BCUT2D eigenvalue weighted by Crippen LogP contribution is 2.38. The molecule has 0 saturated carbocycles. The second kappa shape index (κ2) is 4.11. The largest absolute Gasteiger partial charge is 0.256 e. The van der Waals surface area contributed by atoms with Crippen LogP contribution in [0.3, 0.4) is 0 Å². The van der Waals surface area contributed by atoms with Gasteiger partial charge in [0.1, 0.15) is 5.00 Å². The SMILES string of the molecule is Brc1cc(N2CCCC=N2)sc1Br. The molecule has 0 spiro atoms. The van der Waals surface area contributed by atoms with E-state index in [0.717, 1.165) is 21.2 Å². The molecule has 70 valence electrons. The highest BCUT2D eigenvalue weighted by Gasteiger charge is 2.12. The molecule has 0 amide bonds. The van der Waals surface area contributed by atoms with Gasteiger partial charge in [-0.25, -0.2) is 0 Å². The minimum Gasteiger partial charge on any atom is -0.256 e. The summed E-state index contributed by atoms with van der Waals surface area (Å²) >= 11 is 8.65. The number of nitrogens with zero attached hydrogens (tertiary/aromatic N) is 2. The average Bonchev–Trinajstić information content (AvgIpc) is 2.49. The number of halogens is 2. The van der Waals surface area contributed by atoms with Crippen molar-refractivity contribution >= 4 is 54.4 Å². The zero-order valence-electron chi connectivity index (χ0n) is 6.83. The van der Waals surface area contributed by atoms with Gasteiger partial charge in [-0.2, -0.15) is 5.10 Å². The third kappa shape index (κ3) is 2.14. The summed E-state index contributed by atoms with van der Waals surface area (Å²) in [7, 11) is 0. The summed E-state index contributed by atoms with van der Waals surface area (Å²) in [5.41, 5.74) is 0. The third-order valence-electron chi connectivity index (χ3n) is 1.81. The van der Waals surface area contributed by atoms with E-state index in [1.807, 2.05) is 11.2 Å². The molecule has 0 radical (unpaired) electrons. The maximum atomic E-state index is 4.33. The lowest BCUT2D eigenvalue weighted by molar-refractivity contribution is 0.757. The topological polar surface area (TPSA) is 15.6 Å². The van der Waals surface area contributed by atoms with Crippen molar-refractivity contribution in [1.82, 2.24) is 0 Å². The second-order valence-electron chi connectivity index (χ2n) is 2.77. The Labute approximate surface area is 97.9 Å². The van der Waals surface area contributed by atoms with Crippen molar-refractivity contribution in [2.24, 2.45) is 5.10 Å². The predicted molar refractivity (Wildman–Crippen MR) is 64.8 cm³/mol. The Morgan fingerprint density at radius 2 is 2.31 bits per heavy atom. The van der Waals surface area contributed by atoms with Gasteiger partial charge >= 0.3 is 0 Å². The van der Waals surface area contributed by atoms with Crippen molar-refractivity contribution in [2.45, 2.75) is 12.8 Å². The number of anilines is 1. The Hall–Kier alpha value is 0.130. The van der Waals surface area contributed by atoms with Crippen LogP contribution >= 0.6 is 43.2 Å². The monoisotopic (exact) mass is 322 g/mol. The molecule has 2 rings (SSSR count). The van der Waals surface area contributed by atoms with Crippen LogP contribution in [0.25, 0.3) is 0 Å². The molecule has 5 heteroatoms. The van der Waals surface area contributed by atoms with Crippen LogP contribution in [0, 0.1) is 0 Å². The zero-order valence-corrected chi connectivity index (χ0v) is 10.8. The lowest BCUT2D eigenvalue weighted by Gasteiger charge is -2.19. The zero-order chi connectivity index (χ0) is 9.26. The summed E-state index contributed by atoms with van der Waals surface area (Å²) in [5, 5.41) is 7.57. The van der Waals surface area contributed by atoms with Crippen LogP contribution in [0.2, 0.25) is 0 Å². The van der Waals surface area contributed by atoms with Gasteiger partial charge in [-0.1, -0.05) is 0 Å². The molecule has 0 saturated heterocycles. The van der Waals surface area contributed by atoms with E-state index in [-0.39, 0.29) is 0 Å². The molecule has 2 heterocycles. The van der Waals surface area contributed by atoms with Gasteiger partial charge in [0, 0.05) is 17.2 Å². The fourth-order valence-corrected chi connectivity index (χ4v) is 3.16. The summed E-state index contributed by atoms with van der Waals surface area (Å²) in [4.78, 5) is 0. The van der Waals surface area contributed by atoms with Crippen LogP contribution in [0.4, 0.5) is 5.00 Å². The quantitative estimate of drug-likeness (QED) is 0.766. The first-order valence-corrected chi connectivity index (χ1v) is 6.42. The van der Waals surface area contributed by atoms with Gasteiger partial charge in [0.25, 0.3) is 0 Å². The molecule has 2 nitrogen and oxygen atoms in total. The van der Waals surface area contributed by atoms with Crippen LogP contribution in [0.5, 0.6) is 0 Å². The van der Waals surface area contributed by atoms with Crippen LogP contribution in [0.15, 0.2) is 19.4 Å². The Kier molecular flexibility index (Phi) is 3.06. The number of hydrazone groups is 1. The average molecular weight is 324 g/mol. The van der Waals surface area contributed by atoms with Gasteiger partial charge in [0.2, 0.25) is 0 Å². The fourth-order valence-electron chi connectivity index (χ4n) is 1.18. The smallest absolute Gasteiger partial charge is 0.114 e. The molecule has 0 unspecified atom stereocenters. The molecule has 1 aromatic rings. The van der Waals surface area contributed by atoms with Crippen LogP contribution in [-0.4, -0.2) is 12.8 Å². The van der Waals surface area contributed by atoms with Crippen molar-refractivity contribution in [3.63, 3.8) is 0 Å². The number of thiophene rings is 1. The molecular weight excluding hydrogens is 316 g/mol. The molecule has 0 fully saturated rings. The number of hydrogen-bond acceptors (Lipinski definition) is 3. The molecule has 13 heavy (non-hydrogen) atoms. The first-order chi connectivity index (χ1) is 6.27. The van der Waals surface area contributed by atoms with Gasteiger partial charge in [-0.05, 0) is 50.8 Å². The van der Waals surface area contributed by atoms with E-state index in [4.69, 9.17) is 0 Å². The van der Waals surface area contributed by atoms with Crippen molar-refractivity contribution in [3.05, 3.63) is 14.3 Å². The third-order valence-corrected chi connectivity index (χ3v) is 5.08. The van der Waals surface area contributed by atoms with Crippen LogP contribution < -0.4 is 5.01 Å². The highest BCUT2D eigenvalue weighted by molar-refractivity contribution is 9.13. The van der Waals surface area contributed by atoms with Gasteiger partial charge in [0.05, 0.1) is 3.79 Å². The molecule has 0 atom stereocenters. The van der Waals surface area contributed by atoms with Gasteiger partial charge in [-0.15, -0.1) is 11.3 Å². The van der Waals surface area contributed by atoms with Gasteiger partial charge in [-0.3, -0.25) is 5.01 Å². The second-order valence-corrected chi connectivity index (χ2v) is 5.97. The van der Waals surface area contributed by atoms with Gasteiger partial charge in [0.15, 0.2) is 0 Å². The molecule has 1 aromatic heterocycles. The summed E-state index contributed by atoms with van der Waals surface area (Å²) in [6.07, 6.45) is 4.27. The summed E-state index contributed by atoms with van der Waals surface area (Å²) in [6.45, 7) is 1.02. The van der Waals surface area contributed by atoms with E-state index in [0.29, 0.717) is 0 Å². The van der Waals surface area contributed by atoms with Crippen LogP contribution in [-0.2, 0) is 0 Å². The maximum Gasteiger partial charge on any atom is 0.114 e. The highest BCUT2D eigenvalue weighted by atomic mass is 79.9. The van der Waals surface area contributed by atoms with Crippen molar-refractivity contribution in [3.8, 4) is 0 Å². The van der Waals surface area contributed by atoms with E-state index in [2.05, 4.69) is 43.0 Å². The number of rotatable bonds is 1. The van der Waals surface area contributed by atoms with Crippen molar-refractivity contribution < 1.29 is 0 Å². The molecule has 0 aromatic carbocycles. The molecule has 1 aliphatic rings. The maximum absolute atomic E-state index is 4.33.